The van der Waals surface area contributed by atoms with E-state index in [1.54, 1.807) is 6.07 Å². The molecule has 2 fully saturated rings. The first-order valence-electron chi connectivity index (χ1n) is 10.9. The van der Waals surface area contributed by atoms with E-state index in [1.807, 2.05) is 10.9 Å². The van der Waals surface area contributed by atoms with E-state index in [1.165, 1.54) is 12.8 Å². The second kappa shape index (κ2) is 8.13. The summed E-state index contributed by atoms with van der Waals surface area (Å²) < 4.78 is 1.82. The fraction of sp³-hybridized carbons (Fsp3) is 0.636. The molecule has 7 nitrogen and oxygen atoms in total. The number of fused-ring (bicyclic) bond motifs is 2. The summed E-state index contributed by atoms with van der Waals surface area (Å²) in [5.74, 6) is 2.45. The molecular formula is C22H32N6O. The Morgan fingerprint density at radius 3 is 2.59 bits per heavy atom. The Hall–Kier alpha value is -2.44. The van der Waals surface area contributed by atoms with Crippen LogP contribution >= 0.6 is 0 Å². The van der Waals surface area contributed by atoms with E-state index in [4.69, 9.17) is 4.98 Å². The molecule has 156 valence electrons. The van der Waals surface area contributed by atoms with Crippen LogP contribution in [0.3, 0.4) is 0 Å². The van der Waals surface area contributed by atoms with Gasteiger partial charge in [-0.05, 0) is 58.4 Å². The van der Waals surface area contributed by atoms with Gasteiger partial charge in [0.1, 0.15) is 17.3 Å². The van der Waals surface area contributed by atoms with Crippen LogP contribution in [0, 0.1) is 12.8 Å². The molecule has 0 radical (unpaired) electrons. The highest BCUT2D eigenvalue weighted by atomic mass is 16.1. The van der Waals surface area contributed by atoms with Gasteiger partial charge in [0.15, 0.2) is 0 Å². The summed E-state index contributed by atoms with van der Waals surface area (Å²) >= 11 is 0. The number of aryl methyl sites for hydroxylation is 2. The van der Waals surface area contributed by atoms with Crippen molar-refractivity contribution in [3.63, 3.8) is 0 Å². The van der Waals surface area contributed by atoms with E-state index >= 15 is 0 Å². The number of nitrogens with zero attached hydrogens (tertiary/aromatic N) is 5. The van der Waals surface area contributed by atoms with Crippen LogP contribution in [0.4, 0.5) is 5.82 Å². The second-order valence-corrected chi connectivity index (χ2v) is 8.75. The maximum atomic E-state index is 12.5. The average molecular weight is 397 g/mol. The van der Waals surface area contributed by atoms with Crippen LogP contribution in [0.5, 0.6) is 0 Å². The summed E-state index contributed by atoms with van der Waals surface area (Å²) in [5, 5.41) is 7.49. The van der Waals surface area contributed by atoms with Gasteiger partial charge in [-0.3, -0.25) is 9.48 Å². The highest BCUT2D eigenvalue weighted by Crippen LogP contribution is 2.41. The van der Waals surface area contributed by atoms with Gasteiger partial charge in [-0.15, -0.1) is 0 Å². The lowest BCUT2D eigenvalue weighted by Crippen LogP contribution is -2.46. The van der Waals surface area contributed by atoms with E-state index < -0.39 is 0 Å². The summed E-state index contributed by atoms with van der Waals surface area (Å²) in [6, 6.07) is 5.20. The van der Waals surface area contributed by atoms with Gasteiger partial charge in [-0.25, -0.2) is 9.97 Å². The molecule has 2 aliphatic heterocycles. The lowest BCUT2D eigenvalue weighted by Gasteiger charge is -2.40. The fourth-order valence-electron chi connectivity index (χ4n) is 4.81. The van der Waals surface area contributed by atoms with E-state index in [-0.39, 0.29) is 11.9 Å². The molecule has 0 aromatic carbocycles. The van der Waals surface area contributed by atoms with Gasteiger partial charge < -0.3 is 10.2 Å². The quantitative estimate of drug-likeness (QED) is 0.811. The van der Waals surface area contributed by atoms with Crippen molar-refractivity contribution in [3.8, 4) is 0 Å². The molecule has 4 heterocycles. The van der Waals surface area contributed by atoms with E-state index in [0.29, 0.717) is 23.7 Å². The first-order chi connectivity index (χ1) is 13.9. The molecule has 2 saturated heterocycles. The SMILES string of the molecule is CCc1nc(C)cc(N2[C@@H]3CC[C@H]2CC(CNC(=O)c2ccn(C(C)C)n2)C3)n1. The van der Waals surface area contributed by atoms with Gasteiger partial charge in [0.2, 0.25) is 0 Å². The van der Waals surface area contributed by atoms with Crippen LogP contribution in [0.2, 0.25) is 0 Å². The molecule has 1 N–H and O–H groups in total. The lowest BCUT2D eigenvalue weighted by atomic mass is 9.90. The maximum absolute atomic E-state index is 12.5. The highest BCUT2D eigenvalue weighted by molar-refractivity contribution is 5.92. The Morgan fingerprint density at radius 2 is 1.97 bits per heavy atom. The van der Waals surface area contributed by atoms with Gasteiger partial charge in [-0.1, -0.05) is 6.92 Å². The largest absolute Gasteiger partial charge is 0.351 e. The second-order valence-electron chi connectivity index (χ2n) is 8.75. The predicted octanol–water partition coefficient (Wildman–Crippen LogP) is 3.30. The van der Waals surface area contributed by atoms with Crippen LogP contribution in [0.25, 0.3) is 0 Å². The smallest absolute Gasteiger partial charge is 0.271 e. The number of carbonyl (C=O) groups excluding carboxylic acids is 1. The predicted molar refractivity (Wildman–Crippen MR) is 113 cm³/mol. The molecule has 0 aliphatic carbocycles. The normalized spacial score (nSPS) is 23.6. The first-order valence-corrected chi connectivity index (χ1v) is 10.9. The summed E-state index contributed by atoms with van der Waals surface area (Å²) in [6.07, 6.45) is 7.34. The minimum Gasteiger partial charge on any atom is -0.351 e. The van der Waals surface area contributed by atoms with Crippen molar-refractivity contribution in [1.29, 1.82) is 0 Å². The molecule has 3 atom stereocenters. The Morgan fingerprint density at radius 1 is 1.24 bits per heavy atom. The lowest BCUT2D eigenvalue weighted by molar-refractivity contribution is 0.0937. The molecular weight excluding hydrogens is 364 g/mol. The molecule has 2 bridgehead atoms. The minimum absolute atomic E-state index is 0.0711. The number of hydrogen-bond acceptors (Lipinski definition) is 5. The van der Waals surface area contributed by atoms with E-state index in [2.05, 4.69) is 54.1 Å². The Bertz CT molecular complexity index is 862. The van der Waals surface area contributed by atoms with E-state index in [9.17, 15) is 4.79 Å². The molecule has 2 aromatic heterocycles. The number of piperidine rings is 1. The van der Waals surface area contributed by atoms with Crippen molar-refractivity contribution in [2.45, 2.75) is 77.9 Å². The zero-order valence-electron chi connectivity index (χ0n) is 17.9. The van der Waals surface area contributed by atoms with Crippen LogP contribution in [-0.4, -0.2) is 44.3 Å². The standard InChI is InChI=1S/C22H32N6O/c1-5-20-24-15(4)10-21(25-20)28-17-6-7-18(28)12-16(11-17)13-23-22(29)19-8-9-27(26-19)14(2)3/h8-10,14,16-18H,5-7,11-13H2,1-4H3,(H,23,29)/t16?,17-,18+. The fourth-order valence-corrected chi connectivity index (χ4v) is 4.81. The summed E-state index contributed by atoms with van der Waals surface area (Å²) in [5.41, 5.74) is 1.55. The molecule has 2 aromatic rings. The molecule has 0 spiro atoms. The average Bonchev–Trinajstić information content (AvgIpc) is 3.29. The van der Waals surface area contributed by atoms with Crippen molar-refractivity contribution in [3.05, 3.63) is 35.5 Å². The molecule has 1 unspecified atom stereocenters. The minimum atomic E-state index is -0.0711. The molecule has 29 heavy (non-hydrogen) atoms. The molecule has 0 saturated carbocycles. The van der Waals surface area contributed by atoms with Crippen molar-refractivity contribution in [1.82, 2.24) is 25.1 Å². The number of nitrogens with one attached hydrogen (secondary N) is 1. The highest BCUT2D eigenvalue weighted by Gasteiger charge is 2.41. The Kier molecular flexibility index (Phi) is 5.56. The molecule has 1 amide bonds. The van der Waals surface area contributed by atoms with Crippen molar-refractivity contribution in [2.24, 2.45) is 5.92 Å². The van der Waals surface area contributed by atoms with Gasteiger partial charge in [-0.2, -0.15) is 5.10 Å². The van der Waals surface area contributed by atoms with Crippen LogP contribution < -0.4 is 10.2 Å². The third-order valence-electron chi connectivity index (χ3n) is 6.22. The number of carbonyl (C=O) groups is 1. The Balaban J connectivity index is 1.38. The Labute approximate surface area is 172 Å². The van der Waals surface area contributed by atoms with Crippen LogP contribution in [0.15, 0.2) is 18.3 Å². The van der Waals surface area contributed by atoms with Crippen LogP contribution in [-0.2, 0) is 6.42 Å². The van der Waals surface area contributed by atoms with E-state index in [0.717, 1.165) is 43.1 Å². The van der Waals surface area contributed by atoms with Gasteiger partial charge in [0.25, 0.3) is 5.91 Å². The van der Waals surface area contributed by atoms with Crippen molar-refractivity contribution in [2.75, 3.05) is 11.4 Å². The maximum Gasteiger partial charge on any atom is 0.271 e. The monoisotopic (exact) mass is 396 g/mol. The number of anilines is 1. The van der Waals surface area contributed by atoms with Crippen molar-refractivity contribution >= 4 is 11.7 Å². The third kappa shape index (κ3) is 4.14. The summed E-state index contributed by atoms with van der Waals surface area (Å²) in [6.45, 7) is 8.99. The molecule has 7 heteroatoms. The first kappa shape index (κ1) is 19.9. The number of aromatic nitrogens is 4. The van der Waals surface area contributed by atoms with Gasteiger partial charge in [0, 0.05) is 49.0 Å². The number of hydrogen-bond donors (Lipinski definition) is 1. The van der Waals surface area contributed by atoms with Gasteiger partial charge >= 0.3 is 0 Å². The zero-order chi connectivity index (χ0) is 20.5. The molecule has 4 rings (SSSR count). The topological polar surface area (TPSA) is 75.9 Å². The van der Waals surface area contributed by atoms with Crippen LogP contribution in [0.1, 0.15) is 74.5 Å². The third-order valence-corrected chi connectivity index (χ3v) is 6.22. The number of amides is 1. The van der Waals surface area contributed by atoms with Gasteiger partial charge in [0.05, 0.1) is 0 Å². The van der Waals surface area contributed by atoms with Crippen molar-refractivity contribution < 1.29 is 4.79 Å². The number of rotatable bonds is 6. The molecule has 2 aliphatic rings. The summed E-state index contributed by atoms with van der Waals surface area (Å²) in [4.78, 5) is 24.3. The summed E-state index contributed by atoms with van der Waals surface area (Å²) in [7, 11) is 0. The zero-order valence-corrected chi connectivity index (χ0v) is 17.9.